The van der Waals surface area contributed by atoms with Crippen LogP contribution in [0.2, 0.25) is 0 Å². The maximum Gasteiger partial charge on any atom is 0.332 e. The number of ether oxygens (including phenoxy) is 4. The molecule has 4 aliphatic rings. The highest BCUT2D eigenvalue weighted by molar-refractivity contribution is 6.38. The monoisotopic (exact) mass is 678 g/mol. The van der Waals surface area contributed by atoms with E-state index < -0.39 is 34.5 Å². The van der Waals surface area contributed by atoms with Crippen molar-refractivity contribution < 1.29 is 42.9 Å². The Morgan fingerprint density at radius 3 is 2.37 bits per heavy atom. The molecule has 2 amide bonds. The Labute approximate surface area is 288 Å². The van der Waals surface area contributed by atoms with E-state index in [1.807, 2.05) is 30.3 Å². The van der Waals surface area contributed by atoms with Gasteiger partial charge in [-0.2, -0.15) is 0 Å². The number of rotatable bonds is 18. The van der Waals surface area contributed by atoms with E-state index in [1.165, 1.54) is 12.0 Å². The molecular formula is C38H50N2O9. The molecule has 4 fully saturated rings. The minimum atomic E-state index is -1.09. The number of carbonyl (C=O) groups excluding carboxylic acids is 5. The zero-order valence-corrected chi connectivity index (χ0v) is 28.6. The third-order valence-corrected chi connectivity index (χ3v) is 10.7. The standard InChI is InChI=1S/C38H50N2O9/c1-4-12-28(13-5-2)36(45)49-26-38(20-31(38)47-22-27-14-7-6-8-15-27)24-39-21-29-16-11-17-30(34(39)43)40(29)35(44)33(42)37(18-9-10-19-37)25-48-32(41)23-46-3/h4-8,14-15,28-31H,1-2,9-13,16-26H2,3H3. The van der Waals surface area contributed by atoms with E-state index in [0.717, 1.165) is 24.8 Å². The lowest BCUT2D eigenvalue weighted by Gasteiger charge is -2.50. The topological polar surface area (TPSA) is 129 Å². The van der Waals surface area contributed by atoms with E-state index in [2.05, 4.69) is 13.2 Å². The number of piperazine rings is 1. The minimum Gasteiger partial charge on any atom is -0.465 e. The molecule has 4 atom stereocenters. The number of benzene rings is 1. The molecule has 2 saturated heterocycles. The molecule has 1 aromatic carbocycles. The molecule has 11 nitrogen and oxygen atoms in total. The van der Waals surface area contributed by atoms with Crippen molar-refractivity contribution in [1.29, 1.82) is 0 Å². The quantitative estimate of drug-likeness (QED) is 0.128. The lowest BCUT2D eigenvalue weighted by Crippen LogP contribution is -2.67. The summed E-state index contributed by atoms with van der Waals surface area (Å²) in [6.45, 7) is 8.20. The van der Waals surface area contributed by atoms with Crippen molar-refractivity contribution in [2.75, 3.05) is 40.0 Å². The largest absolute Gasteiger partial charge is 0.465 e. The molecule has 0 aromatic heterocycles. The summed E-state index contributed by atoms with van der Waals surface area (Å²) < 4.78 is 22.4. The first kappa shape index (κ1) is 36.5. The molecule has 2 aliphatic carbocycles. The van der Waals surface area contributed by atoms with Gasteiger partial charge in [0.25, 0.3) is 5.91 Å². The molecule has 2 bridgehead atoms. The Bertz CT molecular complexity index is 1380. The van der Waals surface area contributed by atoms with Crippen LogP contribution in [0.4, 0.5) is 0 Å². The minimum absolute atomic E-state index is 0.0978. The zero-order chi connectivity index (χ0) is 35.0. The van der Waals surface area contributed by atoms with Crippen LogP contribution in [-0.4, -0.2) is 97.5 Å². The van der Waals surface area contributed by atoms with Crippen LogP contribution in [0.15, 0.2) is 55.6 Å². The second-order valence-corrected chi connectivity index (χ2v) is 14.1. The second kappa shape index (κ2) is 16.3. The van der Waals surface area contributed by atoms with Gasteiger partial charge in [-0.15, -0.1) is 13.2 Å². The van der Waals surface area contributed by atoms with Gasteiger partial charge in [0.15, 0.2) is 0 Å². The fourth-order valence-electron chi connectivity index (χ4n) is 7.80. The van der Waals surface area contributed by atoms with Gasteiger partial charge in [-0.25, -0.2) is 4.79 Å². The van der Waals surface area contributed by atoms with Gasteiger partial charge in [0.2, 0.25) is 11.7 Å². The van der Waals surface area contributed by atoms with Crippen LogP contribution in [0.1, 0.15) is 69.8 Å². The van der Waals surface area contributed by atoms with Crippen molar-refractivity contribution in [3.8, 4) is 0 Å². The SMILES string of the molecule is C=CCC(CC=C)C(=O)OCC1(CN2CC3CCCC(C2=O)N3C(=O)C(=O)C2(COC(=O)COC)CCCC2)CC1OCc1ccccc1. The van der Waals surface area contributed by atoms with Crippen molar-refractivity contribution in [1.82, 2.24) is 9.80 Å². The highest BCUT2D eigenvalue weighted by Crippen LogP contribution is 2.51. The average molecular weight is 679 g/mol. The molecule has 11 heteroatoms. The van der Waals surface area contributed by atoms with Crippen LogP contribution in [0.5, 0.6) is 0 Å². The number of carbonyl (C=O) groups is 5. The molecule has 2 saturated carbocycles. The smallest absolute Gasteiger partial charge is 0.332 e. The van der Waals surface area contributed by atoms with Crippen LogP contribution >= 0.6 is 0 Å². The van der Waals surface area contributed by atoms with Crippen molar-refractivity contribution in [3.05, 3.63) is 61.2 Å². The van der Waals surface area contributed by atoms with Crippen molar-refractivity contribution in [2.45, 2.75) is 89.0 Å². The van der Waals surface area contributed by atoms with Gasteiger partial charge >= 0.3 is 11.9 Å². The average Bonchev–Trinajstić information content (AvgIpc) is 3.55. The molecule has 5 rings (SSSR count). The Balaban J connectivity index is 1.29. The van der Waals surface area contributed by atoms with E-state index in [4.69, 9.17) is 18.9 Å². The molecule has 2 aliphatic heterocycles. The summed E-state index contributed by atoms with van der Waals surface area (Å²) in [4.78, 5) is 70.5. The molecular weight excluding hydrogens is 628 g/mol. The third kappa shape index (κ3) is 8.32. The first-order valence-electron chi connectivity index (χ1n) is 17.5. The summed E-state index contributed by atoms with van der Waals surface area (Å²) in [5.74, 6) is -2.76. The molecule has 2 heterocycles. The van der Waals surface area contributed by atoms with Gasteiger partial charge in [-0.05, 0) is 56.9 Å². The highest BCUT2D eigenvalue weighted by Gasteiger charge is 2.60. The first-order valence-corrected chi connectivity index (χ1v) is 17.5. The number of amides is 2. The number of piperidine rings is 1. The van der Waals surface area contributed by atoms with E-state index in [-0.39, 0.29) is 56.3 Å². The number of methoxy groups -OCH3 is 1. The highest BCUT2D eigenvalue weighted by atomic mass is 16.6. The van der Waals surface area contributed by atoms with Crippen molar-refractivity contribution in [3.63, 3.8) is 0 Å². The summed E-state index contributed by atoms with van der Waals surface area (Å²) in [5.41, 5.74) is -0.660. The van der Waals surface area contributed by atoms with Gasteiger partial charge in [0.05, 0.1) is 35.5 Å². The third-order valence-electron chi connectivity index (χ3n) is 10.7. The molecule has 4 unspecified atom stereocenters. The number of ketones is 1. The summed E-state index contributed by atoms with van der Waals surface area (Å²) in [6.07, 6.45) is 9.02. The van der Waals surface area contributed by atoms with E-state index in [1.54, 1.807) is 17.1 Å². The Morgan fingerprint density at radius 2 is 1.69 bits per heavy atom. The molecule has 0 N–H and O–H groups in total. The Morgan fingerprint density at radius 1 is 0.980 bits per heavy atom. The summed E-state index contributed by atoms with van der Waals surface area (Å²) >= 11 is 0. The number of nitrogens with zero attached hydrogens (tertiary/aromatic N) is 2. The van der Waals surface area contributed by atoms with Crippen molar-refractivity contribution >= 4 is 29.5 Å². The van der Waals surface area contributed by atoms with Crippen LogP contribution in [-0.2, 0) is 49.5 Å². The predicted octanol–water partition coefficient (Wildman–Crippen LogP) is 4.18. The van der Waals surface area contributed by atoms with Crippen LogP contribution in [0, 0.1) is 16.7 Å². The van der Waals surface area contributed by atoms with Crippen molar-refractivity contribution in [2.24, 2.45) is 16.7 Å². The van der Waals surface area contributed by atoms with E-state index in [9.17, 15) is 24.0 Å². The molecule has 49 heavy (non-hydrogen) atoms. The number of allylic oxidation sites excluding steroid dienone is 2. The van der Waals surface area contributed by atoms with Gasteiger partial charge in [0.1, 0.15) is 25.9 Å². The fourth-order valence-corrected chi connectivity index (χ4v) is 7.80. The second-order valence-electron chi connectivity index (χ2n) is 14.1. The lowest BCUT2D eigenvalue weighted by molar-refractivity contribution is -0.168. The number of fused-ring (bicyclic) bond motifs is 2. The number of likely N-dealkylation sites (tertiary alicyclic amines) is 1. The van der Waals surface area contributed by atoms with E-state index in [0.29, 0.717) is 58.1 Å². The summed E-state index contributed by atoms with van der Waals surface area (Å²) in [7, 11) is 1.39. The van der Waals surface area contributed by atoms with E-state index >= 15 is 0 Å². The predicted molar refractivity (Wildman–Crippen MR) is 180 cm³/mol. The molecule has 266 valence electrons. The van der Waals surface area contributed by atoms with Gasteiger partial charge in [-0.1, -0.05) is 55.3 Å². The maximum atomic E-state index is 14.1. The van der Waals surface area contributed by atoms with Crippen LogP contribution in [0.25, 0.3) is 0 Å². The van der Waals surface area contributed by atoms with Gasteiger partial charge in [0, 0.05) is 20.2 Å². The van der Waals surface area contributed by atoms with Gasteiger partial charge in [-0.3, -0.25) is 19.2 Å². The molecule has 1 aromatic rings. The fraction of sp³-hybridized carbons (Fsp3) is 0.605. The molecule has 0 spiro atoms. The van der Waals surface area contributed by atoms with Crippen LogP contribution in [0.3, 0.4) is 0 Å². The molecule has 0 radical (unpaired) electrons. The maximum absolute atomic E-state index is 14.1. The zero-order valence-electron chi connectivity index (χ0n) is 28.6. The number of esters is 2. The number of hydrogen-bond donors (Lipinski definition) is 0. The van der Waals surface area contributed by atoms with Gasteiger partial charge < -0.3 is 28.7 Å². The first-order chi connectivity index (χ1) is 23.7. The summed E-state index contributed by atoms with van der Waals surface area (Å²) in [6, 6.07) is 8.73. The number of Topliss-reactive ketones (excluding diaryl/α,β-unsaturated/α-hetero) is 1. The Kier molecular flexibility index (Phi) is 12.1. The lowest BCUT2D eigenvalue weighted by atomic mass is 9.80. The summed E-state index contributed by atoms with van der Waals surface area (Å²) in [5, 5.41) is 0. The normalized spacial score (nSPS) is 25.5. The van der Waals surface area contributed by atoms with Crippen LogP contribution < -0.4 is 0 Å². The number of hydrogen-bond acceptors (Lipinski definition) is 9. The Hall–Kier alpha value is -3.83.